The quantitative estimate of drug-likeness (QED) is 0.852. The van der Waals surface area contributed by atoms with Gasteiger partial charge in [-0.25, -0.2) is 4.98 Å². The largest absolute Gasteiger partial charge is 0.348 e. The molecule has 0 amide bonds. The summed E-state index contributed by atoms with van der Waals surface area (Å²) >= 11 is 1.60. The molecule has 0 aliphatic rings. The molecule has 78 valence electrons. The summed E-state index contributed by atoms with van der Waals surface area (Å²) in [6, 6.07) is 0. The number of hydrogen-bond acceptors (Lipinski definition) is 6. The highest BCUT2D eigenvalue weighted by Crippen LogP contribution is 2.08. The molecular weight excluding hydrogens is 210 g/mol. The summed E-state index contributed by atoms with van der Waals surface area (Å²) in [5.41, 5.74) is 3.56. The molecule has 2 heterocycles. The molecule has 0 fully saturated rings. The summed E-state index contributed by atoms with van der Waals surface area (Å²) in [4.78, 5) is 9.41. The molecule has 0 unspecified atom stereocenters. The van der Waals surface area contributed by atoms with Crippen LogP contribution in [-0.2, 0) is 6.54 Å². The molecule has 0 saturated heterocycles. The first-order valence-electron chi connectivity index (χ1n) is 4.55. The normalized spacial score (nSPS) is 10.3. The van der Waals surface area contributed by atoms with Crippen molar-refractivity contribution in [2.75, 3.05) is 5.32 Å². The van der Waals surface area contributed by atoms with Gasteiger partial charge in [0, 0.05) is 11.1 Å². The van der Waals surface area contributed by atoms with Gasteiger partial charge < -0.3 is 5.32 Å². The molecule has 0 bridgehead atoms. The van der Waals surface area contributed by atoms with E-state index in [2.05, 4.69) is 25.5 Å². The third-order valence-corrected chi connectivity index (χ3v) is 2.78. The van der Waals surface area contributed by atoms with E-state index in [1.165, 1.54) is 0 Å². The van der Waals surface area contributed by atoms with E-state index in [4.69, 9.17) is 0 Å². The molecule has 0 saturated carbocycles. The number of hydrogen-bond donors (Lipinski definition) is 1. The van der Waals surface area contributed by atoms with E-state index in [9.17, 15) is 0 Å². The summed E-state index contributed by atoms with van der Waals surface area (Å²) in [5, 5.41) is 11.0. The van der Waals surface area contributed by atoms with Gasteiger partial charge in [0.2, 0.25) is 5.95 Å². The van der Waals surface area contributed by atoms with Crippen molar-refractivity contribution in [3.63, 3.8) is 0 Å². The predicted octanol–water partition coefficient (Wildman–Crippen LogP) is 1.56. The first kappa shape index (κ1) is 9.97. The summed E-state index contributed by atoms with van der Waals surface area (Å²) in [6.07, 6.45) is 1.83. The lowest BCUT2D eigenvalue weighted by Crippen LogP contribution is -2.06. The summed E-state index contributed by atoms with van der Waals surface area (Å²) in [5.74, 6) is 0.562. The smallest absolute Gasteiger partial charge is 0.243 e. The lowest BCUT2D eigenvalue weighted by molar-refractivity contribution is 0.887. The summed E-state index contributed by atoms with van der Waals surface area (Å²) in [6.45, 7) is 4.50. The Labute approximate surface area is 91.6 Å². The van der Waals surface area contributed by atoms with Crippen molar-refractivity contribution < 1.29 is 0 Å². The van der Waals surface area contributed by atoms with Crippen molar-refractivity contribution >= 4 is 17.3 Å². The molecule has 6 heteroatoms. The number of rotatable bonds is 3. The lowest BCUT2D eigenvalue weighted by atomic mass is 10.4. The van der Waals surface area contributed by atoms with Crippen LogP contribution in [0.4, 0.5) is 5.95 Å². The third-order valence-electron chi connectivity index (χ3n) is 2.00. The topological polar surface area (TPSA) is 63.6 Å². The molecule has 1 N–H and O–H groups in total. The summed E-state index contributed by atoms with van der Waals surface area (Å²) < 4.78 is 0. The fraction of sp³-hybridized carbons (Fsp3) is 0.333. The molecule has 0 spiro atoms. The Bertz CT molecular complexity index is 440. The molecule has 0 atom stereocenters. The van der Waals surface area contributed by atoms with Crippen molar-refractivity contribution in [1.29, 1.82) is 0 Å². The SMILES string of the molecule is Cc1nnc(NCc2cncs2)nc1C. The molecule has 2 aromatic heterocycles. The second-order valence-electron chi connectivity index (χ2n) is 3.13. The van der Waals surface area contributed by atoms with Crippen LogP contribution in [-0.4, -0.2) is 20.2 Å². The van der Waals surface area contributed by atoms with Gasteiger partial charge in [-0.15, -0.1) is 16.4 Å². The van der Waals surface area contributed by atoms with Crippen LogP contribution in [0.15, 0.2) is 11.7 Å². The van der Waals surface area contributed by atoms with Crippen LogP contribution in [0.1, 0.15) is 16.3 Å². The van der Waals surface area contributed by atoms with Gasteiger partial charge in [-0.1, -0.05) is 0 Å². The van der Waals surface area contributed by atoms with Crippen molar-refractivity contribution in [2.24, 2.45) is 0 Å². The van der Waals surface area contributed by atoms with Crippen LogP contribution in [0.2, 0.25) is 0 Å². The standard InChI is InChI=1S/C9H11N5S/c1-6-7(2)13-14-9(12-6)11-4-8-3-10-5-15-8/h3,5H,4H2,1-2H3,(H,11,12,14). The highest BCUT2D eigenvalue weighted by atomic mass is 32.1. The Morgan fingerprint density at radius 3 is 2.80 bits per heavy atom. The zero-order chi connectivity index (χ0) is 10.7. The monoisotopic (exact) mass is 221 g/mol. The van der Waals surface area contributed by atoms with Gasteiger partial charge in [0.05, 0.1) is 23.4 Å². The van der Waals surface area contributed by atoms with Gasteiger partial charge in [0.25, 0.3) is 0 Å². The van der Waals surface area contributed by atoms with E-state index in [1.807, 2.05) is 20.0 Å². The van der Waals surface area contributed by atoms with E-state index in [-0.39, 0.29) is 0 Å². The summed E-state index contributed by atoms with van der Waals surface area (Å²) in [7, 11) is 0. The van der Waals surface area contributed by atoms with Crippen LogP contribution < -0.4 is 5.32 Å². The van der Waals surface area contributed by atoms with Crippen LogP contribution in [0.3, 0.4) is 0 Å². The zero-order valence-corrected chi connectivity index (χ0v) is 9.38. The van der Waals surface area contributed by atoms with E-state index in [0.717, 1.165) is 16.3 Å². The van der Waals surface area contributed by atoms with Crippen molar-refractivity contribution in [1.82, 2.24) is 20.2 Å². The van der Waals surface area contributed by atoms with Crippen LogP contribution in [0.25, 0.3) is 0 Å². The van der Waals surface area contributed by atoms with Crippen LogP contribution in [0.5, 0.6) is 0 Å². The molecule has 0 aromatic carbocycles. The van der Waals surface area contributed by atoms with E-state index < -0.39 is 0 Å². The van der Waals surface area contributed by atoms with Gasteiger partial charge in [0.15, 0.2) is 0 Å². The Morgan fingerprint density at radius 1 is 1.27 bits per heavy atom. The lowest BCUT2D eigenvalue weighted by Gasteiger charge is -2.03. The second-order valence-corrected chi connectivity index (χ2v) is 4.10. The highest BCUT2D eigenvalue weighted by molar-refractivity contribution is 7.09. The number of aromatic nitrogens is 4. The van der Waals surface area contributed by atoms with Gasteiger partial charge in [0.1, 0.15) is 0 Å². The number of thiazole rings is 1. The first-order chi connectivity index (χ1) is 7.25. The minimum Gasteiger partial charge on any atom is -0.348 e. The van der Waals surface area contributed by atoms with Crippen molar-refractivity contribution in [2.45, 2.75) is 20.4 Å². The average Bonchev–Trinajstić information content (AvgIpc) is 2.73. The first-order valence-corrected chi connectivity index (χ1v) is 5.43. The molecule has 0 aliphatic carbocycles. The number of nitrogens with zero attached hydrogens (tertiary/aromatic N) is 4. The molecular formula is C9H11N5S. The minimum absolute atomic E-state index is 0.562. The minimum atomic E-state index is 0.562. The molecule has 0 aliphatic heterocycles. The van der Waals surface area contributed by atoms with E-state index >= 15 is 0 Å². The van der Waals surface area contributed by atoms with E-state index in [0.29, 0.717) is 12.5 Å². The Kier molecular flexibility index (Phi) is 2.86. The number of nitrogens with one attached hydrogen (secondary N) is 1. The zero-order valence-electron chi connectivity index (χ0n) is 8.56. The van der Waals surface area contributed by atoms with Crippen molar-refractivity contribution in [3.05, 3.63) is 28.0 Å². The molecule has 2 rings (SSSR count). The molecule has 2 aromatic rings. The van der Waals surface area contributed by atoms with Gasteiger partial charge in [-0.2, -0.15) is 5.10 Å². The third kappa shape index (κ3) is 2.47. The maximum Gasteiger partial charge on any atom is 0.243 e. The number of aryl methyl sites for hydroxylation is 2. The predicted molar refractivity (Wildman–Crippen MR) is 58.7 cm³/mol. The average molecular weight is 221 g/mol. The molecule has 15 heavy (non-hydrogen) atoms. The van der Waals surface area contributed by atoms with Crippen LogP contribution in [0, 0.1) is 13.8 Å². The molecule has 0 radical (unpaired) electrons. The highest BCUT2D eigenvalue weighted by Gasteiger charge is 2.01. The van der Waals surface area contributed by atoms with Crippen LogP contribution >= 0.6 is 11.3 Å². The van der Waals surface area contributed by atoms with Gasteiger partial charge >= 0.3 is 0 Å². The maximum atomic E-state index is 4.27. The Hall–Kier alpha value is -1.56. The van der Waals surface area contributed by atoms with E-state index in [1.54, 1.807) is 16.8 Å². The fourth-order valence-corrected chi connectivity index (χ4v) is 1.56. The van der Waals surface area contributed by atoms with Gasteiger partial charge in [-0.3, -0.25) is 4.98 Å². The maximum absolute atomic E-state index is 4.27. The number of anilines is 1. The second kappa shape index (κ2) is 4.31. The van der Waals surface area contributed by atoms with Gasteiger partial charge in [-0.05, 0) is 13.8 Å². The molecule has 5 nitrogen and oxygen atoms in total. The fourth-order valence-electron chi connectivity index (χ4n) is 1.03. The Morgan fingerprint density at radius 2 is 2.13 bits per heavy atom. The Balaban J connectivity index is 2.02. The van der Waals surface area contributed by atoms with Crippen molar-refractivity contribution in [3.8, 4) is 0 Å².